The van der Waals surface area contributed by atoms with E-state index < -0.39 is 5.79 Å². The first-order valence-corrected chi connectivity index (χ1v) is 7.85. The van der Waals surface area contributed by atoms with E-state index in [1.165, 1.54) is 0 Å². The molecule has 0 heterocycles. The molecular weight excluding hydrogens is 296 g/mol. The Morgan fingerprint density at radius 2 is 1.27 bits per heavy atom. The summed E-state index contributed by atoms with van der Waals surface area (Å²) in [4.78, 5) is 12.3. The Labute approximate surface area is 131 Å². The van der Waals surface area contributed by atoms with Crippen molar-refractivity contribution in [3.63, 3.8) is 0 Å². The third-order valence-corrected chi connectivity index (χ3v) is 3.45. The summed E-state index contributed by atoms with van der Waals surface area (Å²) in [6.07, 6.45) is 8.38. The predicted octanol–water partition coefficient (Wildman–Crippen LogP) is 2.67. The van der Waals surface area contributed by atoms with E-state index in [2.05, 4.69) is 14.7 Å². The Morgan fingerprint density at radius 3 is 1.77 bits per heavy atom. The normalized spacial score (nSPS) is 14.2. The van der Waals surface area contributed by atoms with E-state index in [0.717, 1.165) is 51.4 Å². The van der Waals surface area contributed by atoms with Crippen molar-refractivity contribution in [3.8, 4) is 0 Å². The molecule has 0 rings (SSSR count). The molecule has 4 N–H and O–H groups in total. The van der Waals surface area contributed by atoms with Gasteiger partial charge in [0.05, 0.1) is 19.8 Å². The summed E-state index contributed by atoms with van der Waals surface area (Å²) < 4.78 is 5.21. The molecule has 134 valence electrons. The van der Waals surface area contributed by atoms with Gasteiger partial charge in [-0.15, -0.1) is 0 Å². The van der Waals surface area contributed by atoms with Crippen LogP contribution in [0, 0.1) is 0 Å². The molecule has 0 bridgehead atoms. The monoisotopic (exact) mass is 326 g/mol. The van der Waals surface area contributed by atoms with Gasteiger partial charge in [0.2, 0.25) is 5.79 Å². The lowest BCUT2D eigenvalue weighted by atomic mass is 10.0. The van der Waals surface area contributed by atoms with Crippen LogP contribution in [0.3, 0.4) is 0 Å². The maximum Gasteiger partial charge on any atom is 0.228 e. The molecule has 0 saturated heterocycles. The largest absolute Gasteiger partial charge is 0.394 e. The Balaban J connectivity index is 3.66. The predicted molar refractivity (Wildman–Crippen MR) is 78.2 cm³/mol. The van der Waals surface area contributed by atoms with Gasteiger partial charge in [-0.3, -0.25) is 10.5 Å². The van der Waals surface area contributed by atoms with Crippen molar-refractivity contribution in [1.82, 2.24) is 0 Å². The molecule has 0 saturated carbocycles. The maximum atomic E-state index is 8.95. The van der Waals surface area contributed by atoms with Gasteiger partial charge in [0.15, 0.2) is 0 Å². The summed E-state index contributed by atoms with van der Waals surface area (Å²) in [5.74, 6) is -1.43. The fourth-order valence-corrected chi connectivity index (χ4v) is 2.24. The first-order chi connectivity index (χ1) is 10.7. The van der Waals surface area contributed by atoms with Crippen LogP contribution in [0.5, 0.6) is 0 Å². The van der Waals surface area contributed by atoms with E-state index in [9.17, 15) is 0 Å². The summed E-state index contributed by atoms with van der Waals surface area (Å²) >= 11 is 0. The lowest BCUT2D eigenvalue weighted by Gasteiger charge is -2.28. The molecule has 22 heavy (non-hydrogen) atoms. The zero-order chi connectivity index (χ0) is 16.5. The minimum atomic E-state index is -1.43. The standard InChI is InChI=1S/C14H30O8/c15-10-12-19-14(22-18,13-21-17)9-7-5-3-1-2-4-6-8-11-20-16/h15-18H,1-13H2. The minimum absolute atomic E-state index is 0.0124. The molecule has 0 amide bonds. The summed E-state index contributed by atoms with van der Waals surface area (Å²) in [5.41, 5.74) is 0. The highest BCUT2D eigenvalue weighted by molar-refractivity contribution is 4.68. The lowest BCUT2D eigenvalue weighted by Crippen LogP contribution is -2.40. The Morgan fingerprint density at radius 1 is 0.682 bits per heavy atom. The van der Waals surface area contributed by atoms with Crippen LogP contribution >= 0.6 is 0 Å². The van der Waals surface area contributed by atoms with Crippen molar-refractivity contribution in [1.29, 1.82) is 0 Å². The average molecular weight is 326 g/mol. The number of rotatable bonds is 17. The molecule has 8 heteroatoms. The van der Waals surface area contributed by atoms with E-state index in [-0.39, 0.29) is 19.8 Å². The van der Waals surface area contributed by atoms with Crippen LogP contribution in [0.4, 0.5) is 0 Å². The first-order valence-electron chi connectivity index (χ1n) is 7.85. The Kier molecular flexibility index (Phi) is 15.3. The van der Waals surface area contributed by atoms with E-state index in [1.807, 2.05) is 0 Å². The van der Waals surface area contributed by atoms with Crippen LogP contribution in [0.2, 0.25) is 0 Å². The quantitative estimate of drug-likeness (QED) is 0.139. The van der Waals surface area contributed by atoms with Crippen molar-refractivity contribution in [2.24, 2.45) is 0 Å². The molecule has 0 spiro atoms. The molecule has 8 nitrogen and oxygen atoms in total. The molecule has 1 unspecified atom stereocenters. The van der Waals surface area contributed by atoms with E-state index >= 15 is 0 Å². The van der Waals surface area contributed by atoms with Gasteiger partial charge in [-0.2, -0.15) is 0 Å². The Hall–Kier alpha value is -0.320. The van der Waals surface area contributed by atoms with Gasteiger partial charge in [0, 0.05) is 6.42 Å². The molecule has 1 atom stereocenters. The van der Waals surface area contributed by atoms with Gasteiger partial charge in [-0.05, 0) is 12.8 Å². The van der Waals surface area contributed by atoms with Gasteiger partial charge in [-0.1, -0.05) is 38.5 Å². The zero-order valence-electron chi connectivity index (χ0n) is 13.1. The number of unbranched alkanes of at least 4 members (excludes halogenated alkanes) is 7. The van der Waals surface area contributed by atoms with Crippen LogP contribution in [-0.2, 0) is 19.4 Å². The van der Waals surface area contributed by atoms with E-state index in [4.69, 9.17) is 25.6 Å². The van der Waals surface area contributed by atoms with Gasteiger partial charge in [0.25, 0.3) is 0 Å². The molecule has 0 aromatic heterocycles. The average Bonchev–Trinajstić information content (AvgIpc) is 2.54. The molecule has 0 aliphatic heterocycles. The second kappa shape index (κ2) is 15.6. The smallest absolute Gasteiger partial charge is 0.228 e. The minimum Gasteiger partial charge on any atom is -0.394 e. The summed E-state index contributed by atoms with van der Waals surface area (Å²) in [7, 11) is 0. The zero-order valence-corrected chi connectivity index (χ0v) is 13.1. The maximum absolute atomic E-state index is 8.95. The topological polar surface area (TPSA) is 118 Å². The van der Waals surface area contributed by atoms with Crippen LogP contribution in [0.15, 0.2) is 0 Å². The third-order valence-electron chi connectivity index (χ3n) is 3.45. The van der Waals surface area contributed by atoms with Gasteiger partial charge in [-0.25, -0.2) is 19.9 Å². The van der Waals surface area contributed by atoms with Crippen molar-refractivity contribution in [2.75, 3.05) is 26.4 Å². The van der Waals surface area contributed by atoms with Crippen LogP contribution in [0.25, 0.3) is 0 Å². The third kappa shape index (κ3) is 11.3. The van der Waals surface area contributed by atoms with Crippen molar-refractivity contribution < 1.29 is 40.3 Å². The highest BCUT2D eigenvalue weighted by Crippen LogP contribution is 2.22. The lowest BCUT2D eigenvalue weighted by molar-refractivity contribution is -0.437. The number of hydrogen-bond acceptors (Lipinski definition) is 8. The molecule has 0 aromatic carbocycles. The number of aliphatic hydroxyl groups is 1. The van der Waals surface area contributed by atoms with Gasteiger partial charge >= 0.3 is 0 Å². The van der Waals surface area contributed by atoms with Crippen molar-refractivity contribution in [2.45, 2.75) is 63.6 Å². The molecule has 0 radical (unpaired) electrons. The van der Waals surface area contributed by atoms with E-state index in [1.54, 1.807) is 0 Å². The van der Waals surface area contributed by atoms with E-state index in [0.29, 0.717) is 13.0 Å². The highest BCUT2D eigenvalue weighted by Gasteiger charge is 2.33. The summed E-state index contributed by atoms with van der Waals surface area (Å²) in [6, 6.07) is 0. The van der Waals surface area contributed by atoms with Crippen LogP contribution in [-0.4, -0.2) is 53.1 Å². The molecule has 0 aliphatic carbocycles. The number of aliphatic hydroxyl groups excluding tert-OH is 1. The van der Waals surface area contributed by atoms with Gasteiger partial charge < -0.3 is 9.84 Å². The summed E-state index contributed by atoms with van der Waals surface area (Å²) in [5, 5.41) is 34.4. The number of hydrogen-bond donors (Lipinski definition) is 4. The second-order valence-electron chi connectivity index (χ2n) is 5.26. The van der Waals surface area contributed by atoms with Crippen LogP contribution < -0.4 is 0 Å². The molecule has 0 aromatic rings. The Bertz CT molecular complexity index is 229. The summed E-state index contributed by atoms with van der Waals surface area (Å²) in [6.45, 7) is -0.153. The first kappa shape index (κ1) is 21.7. The van der Waals surface area contributed by atoms with Crippen LogP contribution in [0.1, 0.15) is 57.8 Å². The fourth-order valence-electron chi connectivity index (χ4n) is 2.24. The molecular formula is C14H30O8. The SMILES string of the molecule is OCCOC(CCCCCCCCCCOO)(COO)OO. The van der Waals surface area contributed by atoms with Gasteiger partial charge in [0.1, 0.15) is 6.61 Å². The van der Waals surface area contributed by atoms with Crippen molar-refractivity contribution >= 4 is 0 Å². The number of ether oxygens (including phenoxy) is 1. The molecule has 0 fully saturated rings. The second-order valence-corrected chi connectivity index (χ2v) is 5.26. The highest BCUT2D eigenvalue weighted by atomic mass is 17.2. The fraction of sp³-hybridized carbons (Fsp3) is 1.00. The van der Waals surface area contributed by atoms with Crippen molar-refractivity contribution in [3.05, 3.63) is 0 Å². The molecule has 0 aliphatic rings.